The maximum Gasteiger partial charge on any atom is 0.267 e. The Morgan fingerprint density at radius 3 is 2.76 bits per heavy atom. The summed E-state index contributed by atoms with van der Waals surface area (Å²) in [5.41, 5.74) is 3.02. The lowest BCUT2D eigenvalue weighted by molar-refractivity contribution is 0.0949. The van der Waals surface area contributed by atoms with E-state index in [0.29, 0.717) is 5.56 Å². The van der Waals surface area contributed by atoms with Crippen molar-refractivity contribution in [3.05, 3.63) is 23.9 Å². The molecule has 1 amide bonds. The third-order valence-corrected chi connectivity index (χ3v) is 2.78. The van der Waals surface area contributed by atoms with E-state index in [9.17, 15) is 4.79 Å². The zero-order valence-electron chi connectivity index (χ0n) is 9.15. The van der Waals surface area contributed by atoms with E-state index in [1.807, 2.05) is 28.9 Å². The summed E-state index contributed by atoms with van der Waals surface area (Å²) in [6.45, 7) is 3.13. The van der Waals surface area contributed by atoms with Gasteiger partial charge in [0.1, 0.15) is 5.82 Å². The fourth-order valence-electron chi connectivity index (χ4n) is 1.61. The van der Waals surface area contributed by atoms with Gasteiger partial charge >= 0.3 is 0 Å². The van der Waals surface area contributed by atoms with Crippen LogP contribution in [0.4, 0.5) is 5.82 Å². The molecular formula is C10H13IN4O2. The third-order valence-electron chi connectivity index (χ3n) is 2.51. The SMILES string of the molecule is O=C(NNI)c1ccc(N2CCOCC2)nc1. The molecule has 2 rings (SSSR count). The summed E-state index contributed by atoms with van der Waals surface area (Å²) in [5.74, 6) is 0.688. The van der Waals surface area contributed by atoms with Crippen molar-refractivity contribution in [2.45, 2.75) is 0 Å². The standard InChI is InChI=1S/C10H13IN4O2/c11-14-13-10(16)8-1-2-9(12-7-8)15-3-5-17-6-4-15/h1-2,7,14H,3-6H2,(H,13,16). The van der Waals surface area contributed by atoms with Crippen molar-refractivity contribution in [3.63, 3.8) is 0 Å². The maximum atomic E-state index is 11.5. The van der Waals surface area contributed by atoms with Gasteiger partial charge in [-0.25, -0.2) is 4.98 Å². The first-order valence-electron chi connectivity index (χ1n) is 5.26. The van der Waals surface area contributed by atoms with Crippen molar-refractivity contribution in [3.8, 4) is 0 Å². The fourth-order valence-corrected chi connectivity index (χ4v) is 1.86. The Morgan fingerprint density at radius 2 is 2.18 bits per heavy atom. The fraction of sp³-hybridized carbons (Fsp3) is 0.400. The van der Waals surface area contributed by atoms with E-state index in [1.54, 1.807) is 12.3 Å². The molecule has 2 heterocycles. The Labute approximate surface area is 113 Å². The molecule has 1 aliphatic heterocycles. The summed E-state index contributed by atoms with van der Waals surface area (Å²) in [6, 6.07) is 3.62. The minimum atomic E-state index is -0.194. The molecule has 0 saturated carbocycles. The number of aromatic nitrogens is 1. The summed E-state index contributed by atoms with van der Waals surface area (Å²) in [6.07, 6.45) is 1.58. The first kappa shape index (κ1) is 12.5. The lowest BCUT2D eigenvalue weighted by Crippen LogP contribution is -2.36. The Bertz CT molecular complexity index is 378. The van der Waals surface area contributed by atoms with Gasteiger partial charge in [-0.2, -0.15) is 3.64 Å². The lowest BCUT2D eigenvalue weighted by atomic mass is 10.2. The van der Waals surface area contributed by atoms with Crippen LogP contribution in [0.2, 0.25) is 0 Å². The molecule has 0 radical (unpaired) electrons. The Hall–Kier alpha value is -0.930. The number of morpholine rings is 1. The average molecular weight is 348 g/mol. The van der Waals surface area contributed by atoms with Crippen molar-refractivity contribution in [1.82, 2.24) is 14.0 Å². The number of halogens is 1. The van der Waals surface area contributed by atoms with Crippen LogP contribution in [0.5, 0.6) is 0 Å². The molecular weight excluding hydrogens is 335 g/mol. The van der Waals surface area contributed by atoms with Crippen molar-refractivity contribution < 1.29 is 9.53 Å². The van der Waals surface area contributed by atoms with Crippen molar-refractivity contribution >= 4 is 34.6 Å². The number of pyridine rings is 1. The topological polar surface area (TPSA) is 66.5 Å². The lowest BCUT2D eigenvalue weighted by Gasteiger charge is -2.27. The molecule has 0 bridgehead atoms. The van der Waals surface area contributed by atoms with E-state index in [0.717, 1.165) is 32.1 Å². The molecule has 6 nitrogen and oxygen atoms in total. The molecule has 2 N–H and O–H groups in total. The highest BCUT2D eigenvalue weighted by molar-refractivity contribution is 14.1. The van der Waals surface area contributed by atoms with Crippen LogP contribution in [0.1, 0.15) is 10.4 Å². The second-order valence-corrected chi connectivity index (χ2v) is 4.09. The summed E-state index contributed by atoms with van der Waals surface area (Å²) >= 11 is 1.85. The summed E-state index contributed by atoms with van der Waals surface area (Å²) < 4.78 is 7.83. The first-order valence-corrected chi connectivity index (χ1v) is 6.34. The number of amides is 1. The predicted molar refractivity (Wildman–Crippen MR) is 71.9 cm³/mol. The van der Waals surface area contributed by atoms with Gasteiger partial charge in [-0.15, -0.1) is 0 Å². The maximum absolute atomic E-state index is 11.5. The van der Waals surface area contributed by atoms with Crippen molar-refractivity contribution in [2.24, 2.45) is 0 Å². The highest BCUT2D eigenvalue weighted by atomic mass is 127. The highest BCUT2D eigenvalue weighted by Crippen LogP contribution is 2.12. The van der Waals surface area contributed by atoms with E-state index < -0.39 is 0 Å². The number of rotatable bonds is 3. The Kier molecular flexibility index (Phi) is 4.51. The molecule has 0 aliphatic carbocycles. The number of carbonyl (C=O) groups is 1. The quantitative estimate of drug-likeness (QED) is 0.473. The van der Waals surface area contributed by atoms with Crippen LogP contribution in [0.3, 0.4) is 0 Å². The smallest absolute Gasteiger partial charge is 0.267 e. The zero-order chi connectivity index (χ0) is 12.1. The molecule has 1 aromatic heterocycles. The number of hydrazine groups is 1. The van der Waals surface area contributed by atoms with Gasteiger partial charge < -0.3 is 9.64 Å². The van der Waals surface area contributed by atoms with E-state index in [1.165, 1.54) is 0 Å². The summed E-state index contributed by atoms with van der Waals surface area (Å²) in [4.78, 5) is 17.9. The second kappa shape index (κ2) is 6.12. The average Bonchev–Trinajstić information content (AvgIpc) is 2.40. The Morgan fingerprint density at radius 1 is 1.41 bits per heavy atom. The van der Waals surface area contributed by atoms with Crippen LogP contribution in [0.15, 0.2) is 18.3 Å². The number of hydrogen-bond acceptors (Lipinski definition) is 5. The van der Waals surface area contributed by atoms with Crippen LogP contribution < -0.4 is 14.0 Å². The van der Waals surface area contributed by atoms with E-state index in [2.05, 4.69) is 18.9 Å². The molecule has 0 unspecified atom stereocenters. The molecule has 1 saturated heterocycles. The zero-order valence-corrected chi connectivity index (χ0v) is 11.3. The van der Waals surface area contributed by atoms with Gasteiger partial charge in [-0.3, -0.25) is 10.2 Å². The number of anilines is 1. The minimum Gasteiger partial charge on any atom is -0.378 e. The molecule has 1 aromatic rings. The van der Waals surface area contributed by atoms with Gasteiger partial charge in [0.2, 0.25) is 0 Å². The molecule has 1 aliphatic rings. The molecule has 1 fully saturated rings. The number of nitrogens with one attached hydrogen (secondary N) is 2. The number of carbonyl (C=O) groups excluding carboxylic acids is 1. The minimum absolute atomic E-state index is 0.194. The highest BCUT2D eigenvalue weighted by Gasteiger charge is 2.13. The summed E-state index contributed by atoms with van der Waals surface area (Å²) in [5, 5.41) is 0. The van der Waals surface area contributed by atoms with Crippen LogP contribution in [-0.2, 0) is 4.74 Å². The van der Waals surface area contributed by atoms with Gasteiger partial charge in [-0.1, -0.05) is 0 Å². The van der Waals surface area contributed by atoms with Gasteiger partial charge in [-0.05, 0) is 12.1 Å². The van der Waals surface area contributed by atoms with E-state index >= 15 is 0 Å². The van der Waals surface area contributed by atoms with Crippen molar-refractivity contribution in [2.75, 3.05) is 31.2 Å². The predicted octanol–water partition coefficient (Wildman–Crippen LogP) is 0.503. The number of ether oxygens (including phenoxy) is 1. The molecule has 7 heteroatoms. The van der Waals surface area contributed by atoms with Crippen LogP contribution in [-0.4, -0.2) is 37.2 Å². The van der Waals surface area contributed by atoms with Crippen LogP contribution in [0, 0.1) is 0 Å². The Balaban J connectivity index is 2.04. The van der Waals surface area contributed by atoms with Gasteiger partial charge in [0.05, 0.1) is 18.8 Å². The molecule has 92 valence electrons. The summed E-state index contributed by atoms with van der Waals surface area (Å²) in [7, 11) is 0. The van der Waals surface area contributed by atoms with E-state index in [-0.39, 0.29) is 5.91 Å². The third kappa shape index (κ3) is 3.27. The van der Waals surface area contributed by atoms with Crippen LogP contribution in [0.25, 0.3) is 0 Å². The van der Waals surface area contributed by atoms with Crippen molar-refractivity contribution in [1.29, 1.82) is 0 Å². The largest absolute Gasteiger partial charge is 0.378 e. The van der Waals surface area contributed by atoms with Gasteiger partial charge in [0.15, 0.2) is 0 Å². The van der Waals surface area contributed by atoms with Gasteiger partial charge in [0, 0.05) is 42.2 Å². The molecule has 0 aromatic carbocycles. The number of hydrogen-bond donors (Lipinski definition) is 2. The molecule has 0 atom stereocenters. The molecule has 17 heavy (non-hydrogen) atoms. The number of nitrogens with zero attached hydrogens (tertiary/aromatic N) is 2. The molecule has 0 spiro atoms. The second-order valence-electron chi connectivity index (χ2n) is 3.55. The van der Waals surface area contributed by atoms with Gasteiger partial charge in [0.25, 0.3) is 5.91 Å². The van der Waals surface area contributed by atoms with E-state index in [4.69, 9.17) is 4.74 Å². The normalized spacial score (nSPS) is 15.7. The monoisotopic (exact) mass is 348 g/mol. The first-order chi connectivity index (χ1) is 8.31. The van der Waals surface area contributed by atoms with Crippen LogP contribution >= 0.6 is 22.9 Å².